The Labute approximate surface area is 78.7 Å². The minimum absolute atomic E-state index is 0.0561. The van der Waals surface area contributed by atoms with Gasteiger partial charge in [-0.15, -0.1) is 11.6 Å². The van der Waals surface area contributed by atoms with Crippen LogP contribution < -0.4 is 5.32 Å². The zero-order valence-electron chi connectivity index (χ0n) is 7.86. The highest BCUT2D eigenvalue weighted by molar-refractivity contribution is 6.30. The number of carbonyl (C=O) groups is 1. The second-order valence-corrected chi connectivity index (χ2v) is 4.91. The molecule has 0 spiro atoms. The monoisotopic (exact) mass is 189 g/mol. The second kappa shape index (κ2) is 3.25. The molecule has 1 amide bonds. The van der Waals surface area contributed by atoms with Gasteiger partial charge in [-0.3, -0.25) is 4.79 Å². The van der Waals surface area contributed by atoms with E-state index in [9.17, 15) is 4.79 Å². The topological polar surface area (TPSA) is 29.1 Å². The summed E-state index contributed by atoms with van der Waals surface area (Å²) in [6.07, 6.45) is 1.21. The fourth-order valence-corrected chi connectivity index (χ4v) is 1.37. The summed E-state index contributed by atoms with van der Waals surface area (Å²) in [5, 5.41) is 2.42. The zero-order chi connectivity index (χ0) is 9.35. The van der Waals surface area contributed by atoms with Crippen LogP contribution >= 0.6 is 11.6 Å². The van der Waals surface area contributed by atoms with Crippen molar-refractivity contribution in [1.82, 2.24) is 5.32 Å². The van der Waals surface area contributed by atoms with Gasteiger partial charge >= 0.3 is 0 Å². The molecule has 0 radical (unpaired) electrons. The quantitative estimate of drug-likeness (QED) is 0.674. The average molecular weight is 190 g/mol. The molecule has 0 saturated heterocycles. The van der Waals surface area contributed by atoms with Crippen LogP contribution in [0.4, 0.5) is 0 Å². The number of hydrogen-bond acceptors (Lipinski definition) is 1. The highest BCUT2D eigenvalue weighted by Gasteiger charge is 2.45. The summed E-state index contributed by atoms with van der Waals surface area (Å²) in [6.45, 7) is 6.90. The molecule has 0 heterocycles. The van der Waals surface area contributed by atoms with E-state index in [-0.39, 0.29) is 5.91 Å². The Morgan fingerprint density at radius 3 is 2.58 bits per heavy atom. The lowest BCUT2D eigenvalue weighted by molar-refractivity contribution is -0.120. The molecule has 1 fully saturated rings. The van der Waals surface area contributed by atoms with Crippen LogP contribution in [0.5, 0.6) is 0 Å². The average Bonchev–Trinajstić information content (AvgIpc) is 2.54. The first-order valence-electron chi connectivity index (χ1n) is 4.35. The van der Waals surface area contributed by atoms with Crippen LogP contribution in [-0.2, 0) is 4.79 Å². The van der Waals surface area contributed by atoms with E-state index in [0.717, 1.165) is 6.54 Å². The molecule has 2 unspecified atom stereocenters. The van der Waals surface area contributed by atoms with Crippen LogP contribution in [0.2, 0.25) is 0 Å². The number of rotatable bonds is 3. The van der Waals surface area contributed by atoms with Crippen LogP contribution in [0.1, 0.15) is 27.2 Å². The third kappa shape index (κ3) is 2.37. The van der Waals surface area contributed by atoms with Gasteiger partial charge in [0.1, 0.15) is 5.38 Å². The summed E-state index contributed by atoms with van der Waals surface area (Å²) < 4.78 is 0. The molecular weight excluding hydrogens is 174 g/mol. The summed E-state index contributed by atoms with van der Waals surface area (Å²) >= 11 is 5.59. The van der Waals surface area contributed by atoms with Crippen LogP contribution in [0.25, 0.3) is 0 Å². The van der Waals surface area contributed by atoms with Crippen molar-refractivity contribution in [1.29, 1.82) is 0 Å². The normalized spacial score (nSPS) is 27.8. The molecular formula is C9H16ClNO. The van der Waals surface area contributed by atoms with Gasteiger partial charge < -0.3 is 5.32 Å². The lowest BCUT2D eigenvalue weighted by Gasteiger charge is -2.07. The van der Waals surface area contributed by atoms with Gasteiger partial charge in [-0.25, -0.2) is 0 Å². The maximum Gasteiger partial charge on any atom is 0.237 e. The molecule has 3 heteroatoms. The van der Waals surface area contributed by atoms with Gasteiger partial charge in [-0.1, -0.05) is 13.8 Å². The van der Waals surface area contributed by atoms with Gasteiger partial charge in [0.15, 0.2) is 0 Å². The van der Waals surface area contributed by atoms with Crippen LogP contribution in [-0.4, -0.2) is 17.8 Å². The maximum absolute atomic E-state index is 11.0. The zero-order valence-corrected chi connectivity index (χ0v) is 8.61. The Kier molecular flexibility index (Phi) is 2.67. The molecule has 1 N–H and O–H groups in total. The van der Waals surface area contributed by atoms with E-state index in [4.69, 9.17) is 11.6 Å². The standard InChI is InChI=1S/C9H16ClNO/c1-6(10)8(12)11-5-7-4-9(7,2)3/h6-7H,4-5H2,1-3H3,(H,11,12). The lowest BCUT2D eigenvalue weighted by atomic mass is 10.1. The van der Waals surface area contributed by atoms with E-state index in [2.05, 4.69) is 19.2 Å². The molecule has 1 aliphatic carbocycles. The molecule has 70 valence electrons. The molecule has 2 nitrogen and oxygen atoms in total. The third-order valence-corrected chi connectivity index (χ3v) is 2.80. The number of halogens is 1. The van der Waals surface area contributed by atoms with Crippen molar-refractivity contribution in [2.24, 2.45) is 11.3 Å². The summed E-state index contributed by atoms with van der Waals surface area (Å²) in [4.78, 5) is 11.0. The Hall–Kier alpha value is -0.240. The van der Waals surface area contributed by atoms with Crippen LogP contribution in [0.15, 0.2) is 0 Å². The van der Waals surface area contributed by atoms with Gasteiger partial charge in [0.05, 0.1) is 0 Å². The largest absolute Gasteiger partial charge is 0.355 e. The molecule has 12 heavy (non-hydrogen) atoms. The van der Waals surface area contributed by atoms with Gasteiger partial charge in [-0.2, -0.15) is 0 Å². The van der Waals surface area contributed by atoms with Crippen molar-refractivity contribution in [3.63, 3.8) is 0 Å². The molecule has 2 atom stereocenters. The predicted octanol–water partition coefficient (Wildman–Crippen LogP) is 1.78. The highest BCUT2D eigenvalue weighted by Crippen LogP contribution is 2.50. The van der Waals surface area contributed by atoms with Gasteiger partial charge in [-0.05, 0) is 24.7 Å². The van der Waals surface area contributed by atoms with Crippen molar-refractivity contribution in [3.05, 3.63) is 0 Å². The number of amides is 1. The van der Waals surface area contributed by atoms with E-state index >= 15 is 0 Å². The summed E-state index contributed by atoms with van der Waals surface area (Å²) in [5.74, 6) is 0.594. The summed E-state index contributed by atoms with van der Waals surface area (Å²) in [5.41, 5.74) is 0.433. The number of hydrogen-bond donors (Lipinski definition) is 1. The minimum Gasteiger partial charge on any atom is -0.355 e. The van der Waals surface area contributed by atoms with E-state index in [1.807, 2.05) is 0 Å². The SMILES string of the molecule is CC(Cl)C(=O)NCC1CC1(C)C. The van der Waals surface area contributed by atoms with Crippen molar-refractivity contribution < 1.29 is 4.79 Å². The van der Waals surface area contributed by atoms with E-state index in [1.54, 1.807) is 6.92 Å². The van der Waals surface area contributed by atoms with Crippen LogP contribution in [0, 0.1) is 11.3 Å². The third-order valence-electron chi connectivity index (χ3n) is 2.60. The maximum atomic E-state index is 11.0. The van der Waals surface area contributed by atoms with Crippen molar-refractivity contribution in [2.75, 3.05) is 6.54 Å². The molecule has 0 aromatic rings. The van der Waals surface area contributed by atoms with E-state index in [1.165, 1.54) is 6.42 Å². The number of alkyl halides is 1. The van der Waals surface area contributed by atoms with Gasteiger partial charge in [0.2, 0.25) is 5.91 Å². The highest BCUT2D eigenvalue weighted by atomic mass is 35.5. The predicted molar refractivity (Wildman–Crippen MR) is 50.2 cm³/mol. The first-order valence-corrected chi connectivity index (χ1v) is 4.79. The molecule has 0 aromatic carbocycles. The Bertz CT molecular complexity index is 189. The molecule has 1 saturated carbocycles. The minimum atomic E-state index is -0.410. The molecule has 0 aromatic heterocycles. The summed E-state index contributed by atoms with van der Waals surface area (Å²) in [7, 11) is 0. The van der Waals surface area contributed by atoms with Crippen molar-refractivity contribution >= 4 is 17.5 Å². The summed E-state index contributed by atoms with van der Waals surface area (Å²) in [6, 6.07) is 0. The Balaban J connectivity index is 2.16. The first-order chi connectivity index (χ1) is 5.43. The lowest BCUT2D eigenvalue weighted by Crippen LogP contribution is -2.31. The molecule has 1 aliphatic rings. The first kappa shape index (κ1) is 9.85. The van der Waals surface area contributed by atoms with Gasteiger partial charge in [0.25, 0.3) is 0 Å². The van der Waals surface area contributed by atoms with Gasteiger partial charge in [0, 0.05) is 6.54 Å². The van der Waals surface area contributed by atoms with E-state index in [0.29, 0.717) is 11.3 Å². The fraction of sp³-hybridized carbons (Fsp3) is 0.889. The van der Waals surface area contributed by atoms with Crippen molar-refractivity contribution in [3.8, 4) is 0 Å². The Morgan fingerprint density at radius 2 is 2.25 bits per heavy atom. The molecule has 1 rings (SSSR count). The van der Waals surface area contributed by atoms with E-state index < -0.39 is 5.38 Å². The number of nitrogens with one attached hydrogen (secondary N) is 1. The molecule has 0 bridgehead atoms. The Morgan fingerprint density at radius 1 is 1.75 bits per heavy atom. The van der Waals surface area contributed by atoms with Crippen molar-refractivity contribution in [2.45, 2.75) is 32.6 Å². The number of carbonyl (C=O) groups excluding carboxylic acids is 1. The van der Waals surface area contributed by atoms with Crippen LogP contribution in [0.3, 0.4) is 0 Å². The molecule has 0 aliphatic heterocycles. The smallest absolute Gasteiger partial charge is 0.237 e. The fourth-order valence-electron chi connectivity index (χ4n) is 1.29. The second-order valence-electron chi connectivity index (χ2n) is 4.25.